The topological polar surface area (TPSA) is 58.6 Å². The molecule has 2 rings (SSSR count). The summed E-state index contributed by atoms with van der Waals surface area (Å²) < 4.78 is 5.73. The first-order chi connectivity index (χ1) is 9.41. The third-order valence-corrected chi connectivity index (χ3v) is 4.77. The van der Waals surface area contributed by atoms with Gasteiger partial charge in [0.05, 0.1) is 6.10 Å². The summed E-state index contributed by atoms with van der Waals surface area (Å²) >= 11 is 0. The number of hydrogen-bond donors (Lipinski definition) is 1. The van der Waals surface area contributed by atoms with Crippen molar-refractivity contribution < 1.29 is 14.3 Å². The van der Waals surface area contributed by atoms with E-state index < -0.39 is 0 Å². The molecule has 0 radical (unpaired) electrons. The molecule has 3 unspecified atom stereocenters. The van der Waals surface area contributed by atoms with E-state index in [-0.39, 0.29) is 35.4 Å². The van der Waals surface area contributed by atoms with Crippen LogP contribution in [0.25, 0.3) is 0 Å². The van der Waals surface area contributed by atoms with Crippen molar-refractivity contribution in [3.05, 3.63) is 0 Å². The minimum atomic E-state index is -0.369. The Kier molecular flexibility index (Phi) is 4.37. The number of carbonyl (C=O) groups is 2. The Morgan fingerprint density at radius 1 is 1.35 bits per heavy atom. The molecular weight excluding hydrogens is 256 g/mol. The Morgan fingerprint density at radius 3 is 2.60 bits per heavy atom. The van der Waals surface area contributed by atoms with E-state index in [1.165, 1.54) is 0 Å². The number of carbonyl (C=O) groups excluding carboxylic acids is 2. The first-order valence-corrected chi connectivity index (χ1v) is 7.63. The molecule has 1 N–H and O–H groups in total. The number of ether oxygens (including phenoxy) is 1. The predicted octanol–water partition coefficient (Wildman–Crippen LogP) is 1.32. The van der Waals surface area contributed by atoms with Gasteiger partial charge in [-0.3, -0.25) is 9.59 Å². The number of hydrogen-bond acceptors (Lipinski definition) is 3. The normalized spacial score (nSPS) is 33.4. The molecular formula is C15H26N2O3. The number of nitrogens with zero attached hydrogens (tertiary/aromatic N) is 1. The predicted molar refractivity (Wildman–Crippen MR) is 76.2 cm³/mol. The maximum absolute atomic E-state index is 12.6. The van der Waals surface area contributed by atoms with Crippen LogP contribution in [0.1, 0.15) is 47.0 Å². The highest BCUT2D eigenvalue weighted by molar-refractivity contribution is 5.90. The summed E-state index contributed by atoms with van der Waals surface area (Å²) in [6.45, 7) is 9.45. The lowest BCUT2D eigenvalue weighted by Crippen LogP contribution is -2.64. The smallest absolute Gasteiger partial charge is 0.245 e. The fourth-order valence-electron chi connectivity index (χ4n) is 3.32. The molecule has 1 saturated carbocycles. The summed E-state index contributed by atoms with van der Waals surface area (Å²) in [5, 5.41) is 2.81. The van der Waals surface area contributed by atoms with E-state index in [1.807, 2.05) is 18.7 Å². The van der Waals surface area contributed by atoms with Gasteiger partial charge in [-0.1, -0.05) is 20.8 Å². The van der Waals surface area contributed by atoms with Crippen LogP contribution in [0.2, 0.25) is 0 Å². The van der Waals surface area contributed by atoms with Crippen molar-refractivity contribution in [2.75, 3.05) is 13.2 Å². The Hall–Kier alpha value is -1.10. The van der Waals surface area contributed by atoms with Gasteiger partial charge in [0.2, 0.25) is 11.8 Å². The molecule has 2 aliphatic rings. The van der Waals surface area contributed by atoms with Crippen molar-refractivity contribution in [1.82, 2.24) is 10.2 Å². The molecule has 1 aliphatic carbocycles. The molecule has 3 atom stereocenters. The first kappa shape index (κ1) is 15.3. The molecule has 1 aliphatic heterocycles. The van der Waals surface area contributed by atoms with Crippen molar-refractivity contribution in [2.24, 2.45) is 5.41 Å². The molecule has 20 heavy (non-hydrogen) atoms. The Bertz CT molecular complexity index is 395. The van der Waals surface area contributed by atoms with E-state index in [4.69, 9.17) is 4.74 Å². The molecule has 2 fully saturated rings. The summed E-state index contributed by atoms with van der Waals surface area (Å²) in [4.78, 5) is 26.2. The lowest BCUT2D eigenvalue weighted by atomic mass is 9.63. The SMILES string of the molecule is CCOC1CC(N2CCC(=O)NC(CC)C2=O)C1(C)C. The van der Waals surface area contributed by atoms with Crippen LogP contribution < -0.4 is 5.32 Å². The molecule has 0 aromatic carbocycles. The van der Waals surface area contributed by atoms with Crippen LogP contribution in [-0.2, 0) is 14.3 Å². The molecule has 5 heteroatoms. The Morgan fingerprint density at radius 2 is 2.05 bits per heavy atom. The van der Waals surface area contributed by atoms with Crippen LogP contribution in [0, 0.1) is 5.41 Å². The number of amides is 2. The minimum Gasteiger partial charge on any atom is -0.378 e. The quantitative estimate of drug-likeness (QED) is 0.846. The van der Waals surface area contributed by atoms with Gasteiger partial charge < -0.3 is 15.0 Å². The third kappa shape index (κ3) is 2.55. The van der Waals surface area contributed by atoms with Gasteiger partial charge in [0.25, 0.3) is 0 Å². The molecule has 0 bridgehead atoms. The van der Waals surface area contributed by atoms with Gasteiger partial charge in [0, 0.05) is 31.0 Å². The molecule has 5 nitrogen and oxygen atoms in total. The highest BCUT2D eigenvalue weighted by Gasteiger charge is 2.53. The first-order valence-electron chi connectivity index (χ1n) is 7.63. The van der Waals surface area contributed by atoms with Crippen molar-refractivity contribution >= 4 is 11.8 Å². The van der Waals surface area contributed by atoms with Gasteiger partial charge in [-0.25, -0.2) is 0 Å². The van der Waals surface area contributed by atoms with Gasteiger partial charge in [0.15, 0.2) is 0 Å². The number of nitrogens with one attached hydrogen (secondary N) is 1. The summed E-state index contributed by atoms with van der Waals surface area (Å²) in [6.07, 6.45) is 2.12. The highest BCUT2D eigenvalue weighted by atomic mass is 16.5. The maximum atomic E-state index is 12.6. The van der Waals surface area contributed by atoms with Crippen LogP contribution >= 0.6 is 0 Å². The van der Waals surface area contributed by atoms with Gasteiger partial charge in [-0.15, -0.1) is 0 Å². The van der Waals surface area contributed by atoms with Crippen LogP contribution in [-0.4, -0.2) is 48.1 Å². The van der Waals surface area contributed by atoms with E-state index in [0.717, 1.165) is 6.42 Å². The summed E-state index contributed by atoms with van der Waals surface area (Å²) in [5.74, 6) is 0.0394. The Labute approximate surface area is 121 Å². The van der Waals surface area contributed by atoms with E-state index in [0.29, 0.717) is 26.0 Å². The Balaban J connectivity index is 2.12. The average molecular weight is 282 g/mol. The fraction of sp³-hybridized carbons (Fsp3) is 0.867. The van der Waals surface area contributed by atoms with E-state index in [1.54, 1.807) is 0 Å². The molecule has 2 amide bonds. The molecule has 0 aromatic heterocycles. The zero-order valence-corrected chi connectivity index (χ0v) is 12.9. The second-order valence-electron chi connectivity index (χ2n) is 6.33. The maximum Gasteiger partial charge on any atom is 0.245 e. The molecule has 0 aromatic rings. The fourth-order valence-corrected chi connectivity index (χ4v) is 3.32. The standard InChI is InChI=1S/C15H26N2O3/c1-5-10-14(19)17(8-7-13(18)16-10)11-9-12(20-6-2)15(11,3)4/h10-12H,5-9H2,1-4H3,(H,16,18). The van der Waals surface area contributed by atoms with Gasteiger partial charge in [0.1, 0.15) is 6.04 Å². The van der Waals surface area contributed by atoms with Gasteiger partial charge in [-0.2, -0.15) is 0 Å². The van der Waals surface area contributed by atoms with Crippen LogP contribution in [0.15, 0.2) is 0 Å². The van der Waals surface area contributed by atoms with Crippen molar-refractivity contribution in [2.45, 2.75) is 65.1 Å². The highest BCUT2D eigenvalue weighted by Crippen LogP contribution is 2.46. The monoisotopic (exact) mass is 282 g/mol. The average Bonchev–Trinajstić information content (AvgIpc) is 2.54. The van der Waals surface area contributed by atoms with Crippen molar-refractivity contribution in [1.29, 1.82) is 0 Å². The van der Waals surface area contributed by atoms with Crippen molar-refractivity contribution in [3.8, 4) is 0 Å². The summed E-state index contributed by atoms with van der Waals surface area (Å²) in [6, 6.07) is -0.194. The van der Waals surface area contributed by atoms with E-state index >= 15 is 0 Å². The van der Waals surface area contributed by atoms with E-state index in [2.05, 4.69) is 19.2 Å². The third-order valence-electron chi connectivity index (χ3n) is 4.77. The molecule has 114 valence electrons. The lowest BCUT2D eigenvalue weighted by molar-refractivity contribution is -0.167. The molecule has 0 spiro atoms. The molecule has 1 saturated heterocycles. The minimum absolute atomic E-state index is 0.0220. The van der Waals surface area contributed by atoms with Crippen LogP contribution in [0.4, 0.5) is 0 Å². The van der Waals surface area contributed by atoms with Gasteiger partial charge in [-0.05, 0) is 19.8 Å². The second-order valence-corrected chi connectivity index (χ2v) is 6.33. The van der Waals surface area contributed by atoms with E-state index in [9.17, 15) is 9.59 Å². The summed E-state index contributed by atoms with van der Waals surface area (Å²) in [7, 11) is 0. The summed E-state index contributed by atoms with van der Waals surface area (Å²) in [5.41, 5.74) is -0.0443. The van der Waals surface area contributed by atoms with Crippen LogP contribution in [0.5, 0.6) is 0 Å². The lowest BCUT2D eigenvalue weighted by Gasteiger charge is -2.55. The second kappa shape index (κ2) is 5.72. The zero-order valence-electron chi connectivity index (χ0n) is 12.9. The van der Waals surface area contributed by atoms with Crippen LogP contribution in [0.3, 0.4) is 0 Å². The van der Waals surface area contributed by atoms with Gasteiger partial charge >= 0.3 is 0 Å². The molecule has 1 heterocycles. The zero-order chi connectivity index (χ0) is 14.9. The van der Waals surface area contributed by atoms with Crippen molar-refractivity contribution in [3.63, 3.8) is 0 Å². The number of rotatable bonds is 4. The largest absolute Gasteiger partial charge is 0.378 e.